The van der Waals surface area contributed by atoms with Crippen molar-refractivity contribution in [2.75, 3.05) is 18.5 Å². The van der Waals surface area contributed by atoms with E-state index in [1.807, 2.05) is 6.92 Å². The number of aromatic nitrogens is 1. The van der Waals surface area contributed by atoms with Crippen LogP contribution < -0.4 is 4.90 Å². The molecule has 0 N–H and O–H groups in total. The van der Waals surface area contributed by atoms with Gasteiger partial charge in [-0.05, 0) is 47.3 Å². The maximum absolute atomic E-state index is 4.62. The van der Waals surface area contributed by atoms with Crippen LogP contribution in [0.2, 0.25) is 0 Å². The highest BCUT2D eigenvalue weighted by atomic mass is 79.9. The first-order chi connectivity index (χ1) is 8.66. The second-order valence-electron chi connectivity index (χ2n) is 5.45. The summed E-state index contributed by atoms with van der Waals surface area (Å²) < 4.78 is 1.09. The van der Waals surface area contributed by atoms with Crippen LogP contribution >= 0.6 is 15.9 Å². The molecule has 0 saturated heterocycles. The van der Waals surface area contributed by atoms with Gasteiger partial charge in [-0.1, -0.05) is 32.1 Å². The average Bonchev–Trinajstić information content (AvgIpc) is 2.40. The third kappa shape index (κ3) is 3.71. The number of halogens is 1. The normalized spacial score (nSPS) is 16.8. The topological polar surface area (TPSA) is 16.1 Å². The zero-order valence-electron chi connectivity index (χ0n) is 11.5. The van der Waals surface area contributed by atoms with Gasteiger partial charge >= 0.3 is 0 Å². The van der Waals surface area contributed by atoms with Crippen molar-refractivity contribution in [1.29, 1.82) is 0 Å². The predicted octanol–water partition coefficient (Wildman–Crippen LogP) is 4.56. The van der Waals surface area contributed by atoms with E-state index in [0.29, 0.717) is 0 Å². The molecule has 1 aromatic rings. The lowest BCUT2D eigenvalue weighted by molar-refractivity contribution is 0.341. The Morgan fingerprint density at radius 2 is 2.00 bits per heavy atom. The van der Waals surface area contributed by atoms with Gasteiger partial charge in [0.05, 0.1) is 5.69 Å². The lowest BCUT2D eigenvalue weighted by Gasteiger charge is -2.25. The van der Waals surface area contributed by atoms with Crippen molar-refractivity contribution in [1.82, 2.24) is 4.98 Å². The smallest absolute Gasteiger partial charge is 0.128 e. The number of rotatable bonds is 4. The van der Waals surface area contributed by atoms with Crippen LogP contribution in [0.25, 0.3) is 0 Å². The highest BCUT2D eigenvalue weighted by Gasteiger charge is 2.14. The Kier molecular flexibility index (Phi) is 5.04. The van der Waals surface area contributed by atoms with Gasteiger partial charge in [-0.15, -0.1) is 0 Å². The lowest BCUT2D eigenvalue weighted by Crippen LogP contribution is -2.23. The highest BCUT2D eigenvalue weighted by Crippen LogP contribution is 2.27. The van der Waals surface area contributed by atoms with Gasteiger partial charge in [-0.3, -0.25) is 0 Å². The molecule has 0 amide bonds. The summed E-state index contributed by atoms with van der Waals surface area (Å²) in [6, 6.07) is 4.19. The molecular formula is C15H23BrN2. The molecule has 18 heavy (non-hydrogen) atoms. The Bertz CT molecular complexity index is 386. The quantitative estimate of drug-likeness (QED) is 0.810. The van der Waals surface area contributed by atoms with E-state index >= 15 is 0 Å². The van der Waals surface area contributed by atoms with Gasteiger partial charge in [0.1, 0.15) is 5.82 Å². The van der Waals surface area contributed by atoms with Crippen LogP contribution in [0.1, 0.15) is 44.2 Å². The Hall–Kier alpha value is -0.570. The molecule has 0 spiro atoms. The summed E-state index contributed by atoms with van der Waals surface area (Å²) in [4.78, 5) is 6.90. The van der Waals surface area contributed by atoms with Gasteiger partial charge in [0.2, 0.25) is 0 Å². The number of pyridine rings is 1. The van der Waals surface area contributed by atoms with E-state index in [0.717, 1.165) is 28.4 Å². The maximum Gasteiger partial charge on any atom is 0.128 e. The number of hydrogen-bond acceptors (Lipinski definition) is 2. The van der Waals surface area contributed by atoms with Gasteiger partial charge in [0.25, 0.3) is 0 Å². The highest BCUT2D eigenvalue weighted by molar-refractivity contribution is 9.10. The van der Waals surface area contributed by atoms with E-state index in [1.165, 1.54) is 38.5 Å². The second-order valence-corrected chi connectivity index (χ2v) is 6.31. The predicted molar refractivity (Wildman–Crippen MR) is 81.1 cm³/mol. The van der Waals surface area contributed by atoms with E-state index in [4.69, 9.17) is 0 Å². The lowest BCUT2D eigenvalue weighted by atomic mass is 9.87. The fraction of sp³-hybridized carbons (Fsp3) is 0.667. The van der Waals surface area contributed by atoms with Crippen molar-refractivity contribution in [3.8, 4) is 0 Å². The monoisotopic (exact) mass is 310 g/mol. The summed E-state index contributed by atoms with van der Waals surface area (Å²) in [5.41, 5.74) is 1.07. The molecule has 1 saturated carbocycles. The Morgan fingerprint density at radius 1 is 1.28 bits per heavy atom. The summed E-state index contributed by atoms with van der Waals surface area (Å²) in [5, 5.41) is 0. The first-order valence-corrected chi connectivity index (χ1v) is 7.80. The molecule has 100 valence electrons. The molecule has 2 rings (SSSR count). The number of aryl methyl sites for hydroxylation is 1. The van der Waals surface area contributed by atoms with Crippen LogP contribution in [0.15, 0.2) is 16.6 Å². The number of hydrogen-bond donors (Lipinski definition) is 0. The minimum atomic E-state index is 0.942. The second kappa shape index (κ2) is 6.55. The number of nitrogens with zero attached hydrogens (tertiary/aromatic N) is 2. The molecule has 0 unspecified atom stereocenters. The molecule has 0 bridgehead atoms. The van der Waals surface area contributed by atoms with Crippen molar-refractivity contribution in [2.24, 2.45) is 5.92 Å². The molecule has 1 aliphatic rings. The molecule has 1 fully saturated rings. The van der Waals surface area contributed by atoms with Gasteiger partial charge in [-0.25, -0.2) is 4.98 Å². The van der Waals surface area contributed by atoms with Crippen LogP contribution in [0.4, 0.5) is 5.82 Å². The summed E-state index contributed by atoms with van der Waals surface area (Å²) in [5.74, 6) is 2.03. The minimum absolute atomic E-state index is 0.942. The van der Waals surface area contributed by atoms with E-state index in [-0.39, 0.29) is 0 Å². The van der Waals surface area contributed by atoms with Crippen LogP contribution in [-0.4, -0.2) is 18.6 Å². The summed E-state index contributed by atoms with van der Waals surface area (Å²) >= 11 is 3.50. The Balaban J connectivity index is 1.86. The SMILES string of the molecule is Cc1nc(N(C)CCC2CCCCC2)ccc1Br. The first kappa shape index (κ1) is 13.9. The fourth-order valence-electron chi connectivity index (χ4n) is 2.71. The van der Waals surface area contributed by atoms with E-state index in [9.17, 15) is 0 Å². The van der Waals surface area contributed by atoms with Crippen LogP contribution in [-0.2, 0) is 0 Å². The van der Waals surface area contributed by atoms with Crippen molar-refractivity contribution in [3.63, 3.8) is 0 Å². The molecule has 0 radical (unpaired) electrons. The Labute approximate surface area is 119 Å². The van der Waals surface area contributed by atoms with Gasteiger partial charge in [-0.2, -0.15) is 0 Å². The molecule has 0 atom stereocenters. The van der Waals surface area contributed by atoms with Crippen LogP contribution in [0.3, 0.4) is 0 Å². The molecule has 0 aromatic carbocycles. The van der Waals surface area contributed by atoms with E-state index in [2.05, 4.69) is 45.0 Å². The van der Waals surface area contributed by atoms with Gasteiger partial charge in [0, 0.05) is 18.1 Å². The summed E-state index contributed by atoms with van der Waals surface area (Å²) in [7, 11) is 2.15. The van der Waals surface area contributed by atoms with E-state index in [1.54, 1.807) is 0 Å². The fourth-order valence-corrected chi connectivity index (χ4v) is 2.93. The Morgan fingerprint density at radius 3 is 2.67 bits per heavy atom. The summed E-state index contributed by atoms with van der Waals surface area (Å²) in [6.07, 6.45) is 8.49. The maximum atomic E-state index is 4.62. The number of anilines is 1. The molecule has 3 heteroatoms. The molecule has 1 heterocycles. The zero-order chi connectivity index (χ0) is 13.0. The largest absolute Gasteiger partial charge is 0.360 e. The van der Waals surface area contributed by atoms with E-state index < -0.39 is 0 Å². The minimum Gasteiger partial charge on any atom is -0.360 e. The van der Waals surface area contributed by atoms with Gasteiger partial charge < -0.3 is 4.90 Å². The van der Waals surface area contributed by atoms with Crippen molar-refractivity contribution in [3.05, 3.63) is 22.3 Å². The van der Waals surface area contributed by atoms with Gasteiger partial charge in [0.15, 0.2) is 0 Å². The standard InChI is InChI=1S/C15H23BrN2/c1-12-14(16)8-9-15(17-12)18(2)11-10-13-6-4-3-5-7-13/h8-9,13H,3-7,10-11H2,1-2H3. The molecule has 0 aliphatic heterocycles. The van der Waals surface area contributed by atoms with Crippen molar-refractivity contribution < 1.29 is 0 Å². The third-order valence-corrected chi connectivity index (χ3v) is 4.83. The third-order valence-electron chi connectivity index (χ3n) is 4.00. The van der Waals surface area contributed by atoms with Crippen LogP contribution in [0.5, 0.6) is 0 Å². The zero-order valence-corrected chi connectivity index (χ0v) is 13.0. The van der Waals surface area contributed by atoms with Crippen LogP contribution in [0, 0.1) is 12.8 Å². The first-order valence-electron chi connectivity index (χ1n) is 7.01. The molecular weight excluding hydrogens is 288 g/mol. The molecule has 1 aromatic heterocycles. The van der Waals surface area contributed by atoms with Crippen molar-refractivity contribution >= 4 is 21.7 Å². The molecule has 1 aliphatic carbocycles. The average molecular weight is 311 g/mol. The van der Waals surface area contributed by atoms with Crippen molar-refractivity contribution in [2.45, 2.75) is 45.4 Å². The molecule has 2 nitrogen and oxygen atoms in total. The summed E-state index contributed by atoms with van der Waals surface area (Å²) in [6.45, 7) is 3.17.